The maximum Gasteiger partial charge on any atom is 1.00 e. The van der Waals surface area contributed by atoms with Crippen LogP contribution in [0.2, 0.25) is 0 Å². The molecule has 0 aliphatic carbocycles. The van der Waals surface area contributed by atoms with Gasteiger partial charge in [0.2, 0.25) is 0 Å². The van der Waals surface area contributed by atoms with Crippen molar-refractivity contribution in [3.63, 3.8) is 0 Å². The van der Waals surface area contributed by atoms with E-state index in [9.17, 15) is 0 Å². The van der Waals surface area contributed by atoms with E-state index in [2.05, 4.69) is 10.3 Å². The van der Waals surface area contributed by atoms with E-state index in [0.717, 1.165) is 5.00 Å². The molecule has 10 heavy (non-hydrogen) atoms. The summed E-state index contributed by atoms with van der Waals surface area (Å²) in [6.45, 7) is 0. The third-order valence-electron chi connectivity index (χ3n) is 0.693. The van der Waals surface area contributed by atoms with Crippen molar-refractivity contribution in [2.24, 2.45) is 0 Å². The average Bonchev–Trinajstić information content (AvgIpc) is 2.14. The van der Waals surface area contributed by atoms with Gasteiger partial charge in [-0.15, -0.1) is 7.05 Å². The summed E-state index contributed by atoms with van der Waals surface area (Å²) < 4.78 is 0.658. The van der Waals surface area contributed by atoms with E-state index in [4.69, 9.17) is 12.6 Å². The van der Waals surface area contributed by atoms with Crippen molar-refractivity contribution in [3.05, 3.63) is 11.5 Å². The van der Waals surface area contributed by atoms with Crippen LogP contribution in [-0.2, 0) is 12.6 Å². The fraction of sp³-hybridized carbons (Fsp3) is 0.250. The van der Waals surface area contributed by atoms with Crippen molar-refractivity contribution in [2.75, 3.05) is 7.05 Å². The van der Waals surface area contributed by atoms with Gasteiger partial charge in [-0.25, -0.2) is 0 Å². The molecule has 0 radical (unpaired) electrons. The summed E-state index contributed by atoms with van der Waals surface area (Å²) in [5.41, 5.74) is 0. The van der Waals surface area contributed by atoms with Crippen molar-refractivity contribution in [2.45, 2.75) is 4.34 Å². The summed E-state index contributed by atoms with van der Waals surface area (Å²) in [5.74, 6) is 0. The van der Waals surface area contributed by atoms with Crippen LogP contribution in [0, 0.1) is 0 Å². The molecule has 0 unspecified atom stereocenters. The number of thiazole rings is 1. The maximum absolute atomic E-state index is 4.75. The Morgan fingerprint density at radius 3 is 2.40 bits per heavy atom. The first-order chi connectivity index (χ1) is 3.83. The Balaban J connectivity index is 0. The van der Waals surface area contributed by atoms with Crippen LogP contribution in [0.15, 0.2) is 10.5 Å². The summed E-state index contributed by atoms with van der Waals surface area (Å²) in [5, 5.41) is 4.78. The van der Waals surface area contributed by atoms with Crippen LogP contribution in [-0.4, -0.2) is 12.0 Å². The second kappa shape index (κ2) is 6.55. The zero-order valence-electron chi connectivity index (χ0n) is 6.29. The van der Waals surface area contributed by atoms with Crippen LogP contribution in [0.3, 0.4) is 0 Å². The molecule has 1 rings (SSSR count). The molecule has 2 nitrogen and oxygen atoms in total. The van der Waals surface area contributed by atoms with Gasteiger partial charge in [0, 0.05) is 6.20 Å². The molecule has 0 saturated heterocycles. The zero-order valence-corrected chi connectivity index (χ0v) is 7.92. The van der Waals surface area contributed by atoms with Crippen LogP contribution >= 0.6 is 11.3 Å². The van der Waals surface area contributed by atoms with Gasteiger partial charge in [-0.1, -0.05) is 0 Å². The first-order valence-electron chi connectivity index (χ1n) is 2.05. The van der Waals surface area contributed by atoms with Crippen molar-refractivity contribution < 1.29 is 37.7 Å². The van der Waals surface area contributed by atoms with E-state index in [1.54, 1.807) is 13.2 Å². The summed E-state index contributed by atoms with van der Waals surface area (Å²) in [4.78, 5) is 3.83. The number of nitrogens with zero attached hydrogens (tertiary/aromatic N) is 2. The summed E-state index contributed by atoms with van der Waals surface area (Å²) in [6, 6.07) is 0. The van der Waals surface area contributed by atoms with Crippen molar-refractivity contribution in [3.8, 4) is 0 Å². The Labute approximate surface area is 94.0 Å². The average molecular weight is 158 g/mol. The normalized spacial score (nSPS) is 7.30. The van der Waals surface area contributed by atoms with E-state index < -0.39 is 0 Å². The van der Waals surface area contributed by atoms with Gasteiger partial charge in [-0.2, -0.15) is 5.00 Å². The molecular formula is C4H4Li2N2S2. The predicted molar refractivity (Wildman–Crippen MR) is 36.7 cm³/mol. The molecule has 0 spiro atoms. The fourth-order valence-corrected chi connectivity index (χ4v) is 1.14. The van der Waals surface area contributed by atoms with Gasteiger partial charge >= 0.3 is 37.7 Å². The zero-order chi connectivity index (χ0) is 5.98. The predicted octanol–water partition coefficient (Wildman–Crippen LogP) is -4.31. The number of rotatable bonds is 1. The standard InChI is InChI=1S/C4H5N2S2.2Li/c1-5-3-2-6-4(7)8-3;;/h2H,1H3,(H,6,7);;/q-1;2*+1/p-1. The Kier molecular flexibility index (Phi) is 8.80. The molecule has 0 saturated carbocycles. The minimum atomic E-state index is 0. The minimum Gasteiger partial charge on any atom is -0.694 e. The molecule has 0 aliphatic rings. The Bertz CT molecular complexity index is 180. The van der Waals surface area contributed by atoms with Gasteiger partial charge < -0.3 is 29.3 Å². The molecule has 6 heteroatoms. The van der Waals surface area contributed by atoms with Crippen LogP contribution in [0.4, 0.5) is 5.00 Å². The smallest absolute Gasteiger partial charge is 0.694 e. The third kappa shape index (κ3) is 3.88. The van der Waals surface area contributed by atoms with Crippen molar-refractivity contribution in [1.29, 1.82) is 0 Å². The second-order valence-corrected chi connectivity index (χ2v) is 2.84. The summed E-state index contributed by atoms with van der Waals surface area (Å²) >= 11 is 6.17. The monoisotopic (exact) mass is 158 g/mol. The molecule has 0 aliphatic heterocycles. The topological polar surface area (TPSA) is 27.0 Å². The summed E-state index contributed by atoms with van der Waals surface area (Å²) in [6.07, 6.45) is 1.67. The molecule has 1 heterocycles. The van der Waals surface area contributed by atoms with Gasteiger partial charge in [0.15, 0.2) is 0 Å². The van der Waals surface area contributed by atoms with Gasteiger partial charge in [0.25, 0.3) is 0 Å². The largest absolute Gasteiger partial charge is 1.00 e. The van der Waals surface area contributed by atoms with E-state index in [1.165, 1.54) is 11.3 Å². The number of hydrogen-bond acceptors (Lipinski definition) is 3. The van der Waals surface area contributed by atoms with Gasteiger partial charge in [0.05, 0.1) is 0 Å². The van der Waals surface area contributed by atoms with Crippen molar-refractivity contribution >= 4 is 29.0 Å². The molecule has 1 aromatic heterocycles. The molecule has 1 aromatic rings. The minimum absolute atomic E-state index is 0. The van der Waals surface area contributed by atoms with E-state index >= 15 is 0 Å². The molecule has 0 amide bonds. The van der Waals surface area contributed by atoms with Crippen LogP contribution in [0.1, 0.15) is 0 Å². The molecule has 44 valence electrons. The van der Waals surface area contributed by atoms with E-state index in [-0.39, 0.29) is 37.7 Å². The Morgan fingerprint density at radius 1 is 1.60 bits per heavy atom. The van der Waals surface area contributed by atoms with E-state index in [0.29, 0.717) is 4.34 Å². The maximum atomic E-state index is 4.75. The Morgan fingerprint density at radius 2 is 2.20 bits per heavy atom. The molecule has 0 N–H and O–H groups in total. The van der Waals surface area contributed by atoms with E-state index in [1.807, 2.05) is 0 Å². The summed E-state index contributed by atoms with van der Waals surface area (Å²) in [7, 11) is 1.72. The molecule has 0 fully saturated rings. The quantitative estimate of drug-likeness (QED) is 0.305. The molecule has 0 atom stereocenters. The molecule has 0 aromatic carbocycles. The first kappa shape index (κ1) is 13.4. The van der Waals surface area contributed by atoms with Gasteiger partial charge in [-0.3, -0.25) is 4.98 Å². The fourth-order valence-electron chi connectivity index (χ4n) is 0.353. The van der Waals surface area contributed by atoms with Gasteiger partial charge in [0.1, 0.15) is 0 Å². The van der Waals surface area contributed by atoms with Crippen molar-refractivity contribution in [1.82, 2.24) is 4.98 Å². The van der Waals surface area contributed by atoms with Crippen LogP contribution in [0.5, 0.6) is 0 Å². The SMILES string of the molecule is C[N-]c1cnc([S-])s1.[Li+].[Li+]. The number of aromatic nitrogens is 1. The first-order valence-corrected chi connectivity index (χ1v) is 3.28. The molecular weight excluding hydrogens is 154 g/mol. The third-order valence-corrected chi connectivity index (χ3v) is 1.83. The number of hydrogen-bond donors (Lipinski definition) is 0. The van der Waals surface area contributed by atoms with Crippen LogP contribution in [0.25, 0.3) is 5.32 Å². The molecule has 0 bridgehead atoms. The van der Waals surface area contributed by atoms with Gasteiger partial charge in [-0.05, 0) is 4.34 Å². The second-order valence-electron chi connectivity index (χ2n) is 1.19. The Hall–Kier alpha value is 0.845. The van der Waals surface area contributed by atoms with Crippen LogP contribution < -0.4 is 37.7 Å².